The number of aromatic amines is 1. The number of nitrogens with one attached hydrogen (secondary N) is 1. The topological polar surface area (TPSA) is 115 Å². The summed E-state index contributed by atoms with van der Waals surface area (Å²) in [7, 11) is 1.86. The SMILES string of the molecule is Cn1cc(-c2cc3c(N4CCCC(n5cnc6ccccc6c5=O)C4)ccc(C(N)=O)c3[nH]2)cn1. The molecule has 5 aromatic rings. The van der Waals surface area contributed by atoms with Crippen LogP contribution in [-0.4, -0.2) is 43.3 Å². The number of aromatic nitrogens is 5. The lowest BCUT2D eigenvalue weighted by atomic mass is 10.0. The fraction of sp³-hybridized carbons (Fsp3) is 0.231. The summed E-state index contributed by atoms with van der Waals surface area (Å²) in [6, 6.07) is 13.2. The van der Waals surface area contributed by atoms with Gasteiger partial charge in [-0.25, -0.2) is 4.98 Å². The van der Waals surface area contributed by atoms with Gasteiger partial charge in [0.1, 0.15) is 0 Å². The standard InChI is InChI=1S/C26H25N7O2/c1-31-13-16(12-29-31)22-11-20-23(9-8-19(25(27)34)24(20)30-22)32-10-4-5-17(14-32)33-15-28-21-7-3-2-6-18(21)26(33)35/h2-3,6-9,11-13,15,17,30H,4-5,10,14H2,1H3,(H2,27,34). The molecule has 6 rings (SSSR count). The molecule has 9 nitrogen and oxygen atoms in total. The predicted molar refractivity (Wildman–Crippen MR) is 136 cm³/mol. The Kier molecular flexibility index (Phi) is 4.91. The molecule has 0 bridgehead atoms. The first-order valence-electron chi connectivity index (χ1n) is 11.6. The van der Waals surface area contributed by atoms with Crippen LogP contribution in [0, 0.1) is 0 Å². The number of nitrogens with zero attached hydrogens (tertiary/aromatic N) is 5. The first-order chi connectivity index (χ1) is 17.0. The third-order valence-corrected chi connectivity index (χ3v) is 6.87. The van der Waals surface area contributed by atoms with Crippen LogP contribution in [0.2, 0.25) is 0 Å². The molecule has 1 atom stereocenters. The van der Waals surface area contributed by atoms with Crippen molar-refractivity contribution in [1.82, 2.24) is 24.3 Å². The number of rotatable bonds is 4. The number of aryl methyl sites for hydroxylation is 1. The molecule has 1 saturated heterocycles. The summed E-state index contributed by atoms with van der Waals surface area (Å²) in [5, 5.41) is 5.82. The highest BCUT2D eigenvalue weighted by atomic mass is 16.1. The van der Waals surface area contributed by atoms with Crippen LogP contribution >= 0.6 is 0 Å². The average Bonchev–Trinajstić information content (AvgIpc) is 3.50. The van der Waals surface area contributed by atoms with Gasteiger partial charge in [0.15, 0.2) is 0 Å². The number of carbonyl (C=O) groups excluding carboxylic acids is 1. The van der Waals surface area contributed by atoms with E-state index in [2.05, 4.69) is 20.0 Å². The number of hydrogen-bond acceptors (Lipinski definition) is 5. The number of para-hydroxylation sites is 1. The molecule has 3 N–H and O–H groups in total. The van der Waals surface area contributed by atoms with Gasteiger partial charge in [0.05, 0.1) is 40.5 Å². The van der Waals surface area contributed by atoms with Gasteiger partial charge in [-0.3, -0.25) is 18.8 Å². The maximum absolute atomic E-state index is 13.2. The lowest BCUT2D eigenvalue weighted by Gasteiger charge is -2.35. The first kappa shape index (κ1) is 21.2. The molecule has 2 aromatic carbocycles. The highest BCUT2D eigenvalue weighted by molar-refractivity contribution is 6.09. The largest absolute Gasteiger partial charge is 0.369 e. The third kappa shape index (κ3) is 3.56. The number of carbonyl (C=O) groups is 1. The van der Waals surface area contributed by atoms with Crippen molar-refractivity contribution >= 4 is 33.4 Å². The normalized spacial score (nSPS) is 16.3. The Morgan fingerprint density at radius 2 is 2.03 bits per heavy atom. The number of fused-ring (bicyclic) bond motifs is 2. The van der Waals surface area contributed by atoms with Gasteiger partial charge in [-0.1, -0.05) is 12.1 Å². The summed E-state index contributed by atoms with van der Waals surface area (Å²) in [5.41, 5.74) is 10.3. The fourth-order valence-corrected chi connectivity index (χ4v) is 5.14. The molecule has 0 aliphatic carbocycles. The summed E-state index contributed by atoms with van der Waals surface area (Å²) in [5.74, 6) is -0.480. The summed E-state index contributed by atoms with van der Waals surface area (Å²) >= 11 is 0. The quantitative estimate of drug-likeness (QED) is 0.421. The molecule has 3 aromatic heterocycles. The van der Waals surface area contributed by atoms with Gasteiger partial charge in [-0.15, -0.1) is 0 Å². The van der Waals surface area contributed by atoms with E-state index in [0.29, 0.717) is 28.5 Å². The molecule has 176 valence electrons. The molecule has 0 radical (unpaired) electrons. The number of hydrogen-bond donors (Lipinski definition) is 2. The zero-order valence-corrected chi connectivity index (χ0v) is 19.3. The van der Waals surface area contributed by atoms with Crippen LogP contribution in [0.5, 0.6) is 0 Å². The predicted octanol–water partition coefficient (Wildman–Crippen LogP) is 3.22. The van der Waals surface area contributed by atoms with Gasteiger partial charge in [0, 0.05) is 48.7 Å². The second-order valence-corrected chi connectivity index (χ2v) is 9.09. The minimum absolute atomic E-state index is 0.00374. The fourth-order valence-electron chi connectivity index (χ4n) is 5.14. The van der Waals surface area contributed by atoms with E-state index in [1.54, 1.807) is 27.8 Å². The van der Waals surface area contributed by atoms with Crippen LogP contribution in [0.25, 0.3) is 33.1 Å². The van der Waals surface area contributed by atoms with Crippen molar-refractivity contribution in [2.45, 2.75) is 18.9 Å². The Balaban J connectivity index is 1.41. The van der Waals surface area contributed by atoms with E-state index in [-0.39, 0.29) is 11.6 Å². The van der Waals surface area contributed by atoms with Crippen LogP contribution in [0.1, 0.15) is 29.2 Å². The van der Waals surface area contributed by atoms with E-state index >= 15 is 0 Å². The van der Waals surface area contributed by atoms with Gasteiger partial charge >= 0.3 is 0 Å². The number of piperidine rings is 1. The zero-order chi connectivity index (χ0) is 24.1. The molecule has 1 fully saturated rings. The Morgan fingerprint density at radius 3 is 2.83 bits per heavy atom. The number of amides is 1. The second kappa shape index (κ2) is 8.12. The van der Waals surface area contributed by atoms with Crippen molar-refractivity contribution in [3.63, 3.8) is 0 Å². The molecule has 1 aliphatic heterocycles. The zero-order valence-electron chi connectivity index (χ0n) is 19.3. The van der Waals surface area contributed by atoms with E-state index in [0.717, 1.165) is 41.7 Å². The van der Waals surface area contributed by atoms with Crippen molar-refractivity contribution < 1.29 is 4.79 Å². The minimum Gasteiger partial charge on any atom is -0.369 e. The molecule has 9 heteroatoms. The lowest BCUT2D eigenvalue weighted by molar-refractivity contribution is 0.100. The molecule has 35 heavy (non-hydrogen) atoms. The number of benzene rings is 2. The molecule has 1 amide bonds. The van der Waals surface area contributed by atoms with Crippen LogP contribution in [-0.2, 0) is 7.05 Å². The van der Waals surface area contributed by atoms with Crippen LogP contribution in [0.3, 0.4) is 0 Å². The summed E-state index contributed by atoms with van der Waals surface area (Å²) in [6.45, 7) is 1.52. The van der Waals surface area contributed by atoms with Crippen molar-refractivity contribution in [1.29, 1.82) is 0 Å². The summed E-state index contributed by atoms with van der Waals surface area (Å²) < 4.78 is 3.50. The van der Waals surface area contributed by atoms with E-state index in [9.17, 15) is 9.59 Å². The molecule has 1 unspecified atom stereocenters. The van der Waals surface area contributed by atoms with Crippen LogP contribution in [0.4, 0.5) is 5.69 Å². The number of primary amides is 1. The summed E-state index contributed by atoms with van der Waals surface area (Å²) in [6.07, 6.45) is 7.20. The molecule has 1 aliphatic rings. The van der Waals surface area contributed by atoms with E-state index in [1.807, 2.05) is 49.6 Å². The number of anilines is 1. The highest BCUT2D eigenvalue weighted by Gasteiger charge is 2.25. The van der Waals surface area contributed by atoms with Crippen molar-refractivity contribution in [3.05, 3.63) is 77.1 Å². The van der Waals surface area contributed by atoms with Crippen LogP contribution < -0.4 is 16.2 Å². The van der Waals surface area contributed by atoms with E-state index in [4.69, 9.17) is 5.73 Å². The van der Waals surface area contributed by atoms with E-state index in [1.165, 1.54) is 0 Å². The lowest BCUT2D eigenvalue weighted by Crippen LogP contribution is -2.40. The monoisotopic (exact) mass is 467 g/mol. The average molecular weight is 468 g/mol. The van der Waals surface area contributed by atoms with Crippen molar-refractivity contribution in [2.75, 3.05) is 18.0 Å². The third-order valence-electron chi connectivity index (χ3n) is 6.87. The molecular weight excluding hydrogens is 442 g/mol. The maximum Gasteiger partial charge on any atom is 0.261 e. The molecule has 0 saturated carbocycles. The number of nitrogens with two attached hydrogens (primary N) is 1. The first-order valence-corrected chi connectivity index (χ1v) is 11.6. The molecule has 4 heterocycles. The molecular formula is C26H25N7O2. The van der Waals surface area contributed by atoms with Crippen molar-refractivity contribution in [3.8, 4) is 11.3 Å². The molecule has 0 spiro atoms. The second-order valence-electron chi connectivity index (χ2n) is 9.09. The van der Waals surface area contributed by atoms with E-state index < -0.39 is 5.91 Å². The van der Waals surface area contributed by atoms with Gasteiger partial charge in [0.25, 0.3) is 11.5 Å². The van der Waals surface area contributed by atoms with Gasteiger partial charge in [-0.05, 0) is 43.2 Å². The smallest absolute Gasteiger partial charge is 0.261 e. The van der Waals surface area contributed by atoms with Gasteiger partial charge in [0.2, 0.25) is 0 Å². The maximum atomic E-state index is 13.2. The Hall–Kier alpha value is -4.40. The van der Waals surface area contributed by atoms with Gasteiger partial charge < -0.3 is 15.6 Å². The summed E-state index contributed by atoms with van der Waals surface area (Å²) in [4.78, 5) is 35.5. The minimum atomic E-state index is -0.480. The Bertz CT molecular complexity index is 1640. The highest BCUT2D eigenvalue weighted by Crippen LogP contribution is 2.36. The Labute approximate surface area is 200 Å². The number of H-pyrrole nitrogens is 1. The van der Waals surface area contributed by atoms with Crippen LogP contribution in [0.15, 0.2) is 66.0 Å². The van der Waals surface area contributed by atoms with Crippen molar-refractivity contribution in [2.24, 2.45) is 12.8 Å². The Morgan fingerprint density at radius 1 is 1.17 bits per heavy atom. The van der Waals surface area contributed by atoms with Gasteiger partial charge in [-0.2, -0.15) is 5.10 Å².